The molecule has 0 aliphatic carbocycles. The molecular formula is C29H32Cl2FN3O4S. The Kier molecular flexibility index (Phi) is 11.4. The van der Waals surface area contributed by atoms with E-state index in [4.69, 9.17) is 23.2 Å². The summed E-state index contributed by atoms with van der Waals surface area (Å²) in [6, 6.07) is 18.3. The molecule has 1 unspecified atom stereocenters. The Bertz CT molecular complexity index is 1420. The highest BCUT2D eigenvalue weighted by Gasteiger charge is 2.33. The van der Waals surface area contributed by atoms with Gasteiger partial charge in [-0.15, -0.1) is 0 Å². The van der Waals surface area contributed by atoms with E-state index in [1.807, 2.05) is 37.3 Å². The molecule has 3 aromatic rings. The van der Waals surface area contributed by atoms with Crippen molar-refractivity contribution in [1.29, 1.82) is 0 Å². The van der Waals surface area contributed by atoms with Gasteiger partial charge in [-0.05, 0) is 41.8 Å². The van der Waals surface area contributed by atoms with E-state index in [2.05, 4.69) is 5.32 Å². The lowest BCUT2D eigenvalue weighted by atomic mass is 10.0. The maximum absolute atomic E-state index is 14.7. The van der Waals surface area contributed by atoms with Gasteiger partial charge in [-0.25, -0.2) is 12.8 Å². The average molecular weight is 609 g/mol. The molecular weight excluding hydrogens is 576 g/mol. The van der Waals surface area contributed by atoms with Crippen LogP contribution in [0, 0.1) is 5.82 Å². The van der Waals surface area contributed by atoms with Crippen molar-refractivity contribution in [3.05, 3.63) is 99.8 Å². The van der Waals surface area contributed by atoms with Gasteiger partial charge in [0, 0.05) is 19.5 Å². The van der Waals surface area contributed by atoms with Crippen molar-refractivity contribution in [2.75, 3.05) is 23.7 Å². The second-order valence-electron chi connectivity index (χ2n) is 9.34. The molecule has 40 heavy (non-hydrogen) atoms. The second kappa shape index (κ2) is 14.5. The predicted octanol–water partition coefficient (Wildman–Crippen LogP) is 5.45. The second-order valence-corrected chi connectivity index (χ2v) is 12.1. The number of unbranched alkanes of at least 4 members (excludes halogenated alkanes) is 1. The van der Waals surface area contributed by atoms with Crippen molar-refractivity contribution in [1.82, 2.24) is 10.2 Å². The first kappa shape index (κ1) is 31.4. The Balaban J connectivity index is 2.06. The summed E-state index contributed by atoms with van der Waals surface area (Å²) in [5.74, 6) is -1.87. The number of anilines is 1. The fourth-order valence-electron chi connectivity index (χ4n) is 4.14. The highest BCUT2D eigenvalue weighted by Crippen LogP contribution is 2.26. The van der Waals surface area contributed by atoms with Crippen molar-refractivity contribution in [2.45, 2.75) is 38.8 Å². The Morgan fingerprint density at radius 2 is 1.62 bits per heavy atom. The summed E-state index contributed by atoms with van der Waals surface area (Å²) >= 11 is 12.3. The highest BCUT2D eigenvalue weighted by molar-refractivity contribution is 7.92. The number of carbonyl (C=O) groups excluding carboxylic acids is 2. The van der Waals surface area contributed by atoms with E-state index in [1.165, 1.54) is 23.1 Å². The van der Waals surface area contributed by atoms with E-state index in [0.29, 0.717) is 21.4 Å². The Hall–Kier alpha value is -3.14. The van der Waals surface area contributed by atoms with Crippen LogP contribution in [0.3, 0.4) is 0 Å². The number of nitrogens with one attached hydrogen (secondary N) is 1. The highest BCUT2D eigenvalue weighted by atomic mass is 35.5. The summed E-state index contributed by atoms with van der Waals surface area (Å²) in [5.41, 5.74) is 1.12. The SMILES string of the molecule is CCCCNC(=O)C(Cc1ccccc1)N(Cc1ccc(Cl)c(Cl)c1)C(=O)CN(c1ccccc1F)S(C)(=O)=O. The standard InChI is InChI=1S/C29H32Cl2FN3O4S/c1-3-4-16-33-29(37)27(18-21-10-6-5-7-11-21)34(19-22-14-15-23(30)24(31)17-22)28(36)20-35(40(2,38)39)26-13-9-8-12-25(26)32/h5-15,17,27H,3-4,16,18-20H2,1-2H3,(H,33,37). The largest absolute Gasteiger partial charge is 0.354 e. The van der Waals surface area contributed by atoms with Gasteiger partial charge in [-0.3, -0.25) is 13.9 Å². The molecule has 7 nitrogen and oxygen atoms in total. The van der Waals surface area contributed by atoms with Crippen LogP contribution in [0.4, 0.5) is 10.1 Å². The molecule has 0 aliphatic rings. The minimum Gasteiger partial charge on any atom is -0.354 e. The van der Waals surface area contributed by atoms with Crippen LogP contribution in [0.5, 0.6) is 0 Å². The molecule has 0 radical (unpaired) electrons. The van der Waals surface area contributed by atoms with Gasteiger partial charge < -0.3 is 10.2 Å². The molecule has 1 N–H and O–H groups in total. The number of benzene rings is 3. The summed E-state index contributed by atoms with van der Waals surface area (Å²) in [5, 5.41) is 3.49. The number of carbonyl (C=O) groups is 2. The molecule has 0 aliphatic heterocycles. The molecule has 0 spiro atoms. The van der Waals surface area contributed by atoms with E-state index in [-0.39, 0.29) is 29.6 Å². The molecule has 0 saturated carbocycles. The van der Waals surface area contributed by atoms with Crippen LogP contribution in [0.15, 0.2) is 72.8 Å². The third kappa shape index (κ3) is 8.68. The maximum atomic E-state index is 14.7. The average Bonchev–Trinajstić information content (AvgIpc) is 2.91. The normalized spacial score (nSPS) is 12.0. The Labute approximate surface area is 244 Å². The zero-order chi connectivity index (χ0) is 29.3. The van der Waals surface area contributed by atoms with Crippen LogP contribution < -0.4 is 9.62 Å². The van der Waals surface area contributed by atoms with Crippen molar-refractivity contribution < 1.29 is 22.4 Å². The first-order valence-electron chi connectivity index (χ1n) is 12.8. The van der Waals surface area contributed by atoms with Crippen LogP contribution in [0.25, 0.3) is 0 Å². The minimum absolute atomic E-state index is 0.0662. The first-order chi connectivity index (χ1) is 19.0. The van der Waals surface area contributed by atoms with Gasteiger partial charge in [0.25, 0.3) is 0 Å². The van der Waals surface area contributed by atoms with Gasteiger partial charge in [-0.1, -0.05) is 85.1 Å². The number of hydrogen-bond acceptors (Lipinski definition) is 4. The topological polar surface area (TPSA) is 86.8 Å². The summed E-state index contributed by atoms with van der Waals surface area (Å²) in [7, 11) is -4.07. The molecule has 0 heterocycles. The lowest BCUT2D eigenvalue weighted by Crippen LogP contribution is -2.53. The lowest BCUT2D eigenvalue weighted by Gasteiger charge is -2.33. The van der Waals surface area contributed by atoms with Crippen molar-refractivity contribution in [2.24, 2.45) is 0 Å². The third-order valence-corrected chi connectivity index (χ3v) is 8.10. The van der Waals surface area contributed by atoms with Gasteiger partial charge in [0.15, 0.2) is 0 Å². The molecule has 11 heteroatoms. The molecule has 3 aromatic carbocycles. The minimum atomic E-state index is -4.07. The van der Waals surface area contributed by atoms with Crippen LogP contribution in [-0.4, -0.2) is 50.5 Å². The number of amides is 2. The molecule has 2 amide bonds. The number of para-hydroxylation sites is 1. The zero-order valence-electron chi connectivity index (χ0n) is 22.3. The summed E-state index contributed by atoms with van der Waals surface area (Å²) in [4.78, 5) is 28.8. The van der Waals surface area contributed by atoms with E-state index in [0.717, 1.165) is 30.7 Å². The number of nitrogens with zero attached hydrogens (tertiary/aromatic N) is 2. The predicted molar refractivity (Wildman–Crippen MR) is 157 cm³/mol. The lowest BCUT2D eigenvalue weighted by molar-refractivity contribution is -0.140. The van der Waals surface area contributed by atoms with Crippen molar-refractivity contribution in [3.8, 4) is 0 Å². The summed E-state index contributed by atoms with van der Waals surface area (Å²) in [6.07, 6.45) is 2.68. The van der Waals surface area contributed by atoms with Crippen LogP contribution in [0.2, 0.25) is 10.0 Å². The van der Waals surface area contributed by atoms with Crippen LogP contribution in [0.1, 0.15) is 30.9 Å². The molecule has 0 fully saturated rings. The van der Waals surface area contributed by atoms with Gasteiger partial charge in [0.1, 0.15) is 18.4 Å². The number of sulfonamides is 1. The quantitative estimate of drug-likeness (QED) is 0.262. The van der Waals surface area contributed by atoms with Gasteiger partial charge in [0.05, 0.1) is 22.0 Å². The molecule has 0 bridgehead atoms. The van der Waals surface area contributed by atoms with Gasteiger partial charge in [-0.2, -0.15) is 0 Å². The van der Waals surface area contributed by atoms with Gasteiger partial charge in [0.2, 0.25) is 21.8 Å². The van der Waals surface area contributed by atoms with Crippen LogP contribution in [-0.2, 0) is 32.6 Å². The fraction of sp³-hybridized carbons (Fsp3) is 0.310. The Morgan fingerprint density at radius 1 is 0.950 bits per heavy atom. The third-order valence-electron chi connectivity index (χ3n) is 6.24. The maximum Gasteiger partial charge on any atom is 0.244 e. The molecule has 214 valence electrons. The Morgan fingerprint density at radius 3 is 2.25 bits per heavy atom. The number of rotatable bonds is 13. The van der Waals surface area contributed by atoms with Crippen LogP contribution >= 0.6 is 23.2 Å². The van der Waals surface area contributed by atoms with Crippen molar-refractivity contribution in [3.63, 3.8) is 0 Å². The van der Waals surface area contributed by atoms with E-state index < -0.39 is 34.3 Å². The number of halogens is 3. The summed E-state index contributed by atoms with van der Waals surface area (Å²) < 4.78 is 40.8. The number of hydrogen-bond donors (Lipinski definition) is 1. The molecule has 3 rings (SSSR count). The fourth-order valence-corrected chi connectivity index (χ4v) is 5.31. The van der Waals surface area contributed by atoms with E-state index >= 15 is 0 Å². The van der Waals surface area contributed by atoms with E-state index in [1.54, 1.807) is 18.2 Å². The van der Waals surface area contributed by atoms with E-state index in [9.17, 15) is 22.4 Å². The molecule has 0 saturated heterocycles. The first-order valence-corrected chi connectivity index (χ1v) is 15.4. The molecule has 1 atom stereocenters. The summed E-state index contributed by atoms with van der Waals surface area (Å²) in [6.45, 7) is 1.63. The van der Waals surface area contributed by atoms with Crippen molar-refractivity contribution >= 4 is 50.7 Å². The molecule has 0 aromatic heterocycles. The monoisotopic (exact) mass is 607 g/mol. The smallest absolute Gasteiger partial charge is 0.244 e. The van der Waals surface area contributed by atoms with Gasteiger partial charge >= 0.3 is 0 Å². The zero-order valence-corrected chi connectivity index (χ0v) is 24.6.